The van der Waals surface area contributed by atoms with Gasteiger partial charge in [-0.2, -0.15) is 0 Å². The smallest absolute Gasteiger partial charge is 0.353 e. The second-order valence-electron chi connectivity index (χ2n) is 10.2. The lowest BCUT2D eigenvalue weighted by atomic mass is 9.95. The molecule has 0 radical (unpaired) electrons. The lowest BCUT2D eigenvalue weighted by Gasteiger charge is -2.40. The molecule has 0 aromatic carbocycles. The van der Waals surface area contributed by atoms with Crippen molar-refractivity contribution in [3.8, 4) is 0 Å². The second kappa shape index (κ2) is 18.9. The van der Waals surface area contributed by atoms with Crippen molar-refractivity contribution in [2.45, 2.75) is 159 Å². The summed E-state index contributed by atoms with van der Waals surface area (Å²) in [5.41, 5.74) is 0. The minimum atomic E-state index is -2.46. The van der Waals surface area contributed by atoms with Crippen molar-refractivity contribution in [1.82, 2.24) is 0 Å². The van der Waals surface area contributed by atoms with Crippen molar-refractivity contribution in [2.75, 3.05) is 6.61 Å². The zero-order valence-electron chi connectivity index (χ0n) is 22.8. The van der Waals surface area contributed by atoms with E-state index in [0.29, 0.717) is 19.3 Å². The topological polar surface area (TPSA) is 102 Å². The number of ether oxygens (including phenoxy) is 3. The molecule has 0 saturated heterocycles. The van der Waals surface area contributed by atoms with E-state index in [-0.39, 0.29) is 18.8 Å². The number of hydrogen-bond donors (Lipinski definition) is 3. The van der Waals surface area contributed by atoms with E-state index in [1.165, 1.54) is 25.7 Å². The van der Waals surface area contributed by atoms with Gasteiger partial charge in [0.2, 0.25) is 14.8 Å². The Morgan fingerprint density at radius 1 is 1.00 bits per heavy atom. The molecule has 0 spiro atoms. The van der Waals surface area contributed by atoms with E-state index in [0.717, 1.165) is 64.2 Å². The quantitative estimate of drug-likeness (QED) is 0.0555. The first kappa shape index (κ1) is 33.8. The Morgan fingerprint density at radius 3 is 2.22 bits per heavy atom. The second-order valence-corrected chi connectivity index (χ2v) is 11.9. The molecular formula is C27H51O7PS. The summed E-state index contributed by atoms with van der Waals surface area (Å²) < 4.78 is 30.2. The normalized spacial score (nSPS) is 20.0. The van der Waals surface area contributed by atoms with Gasteiger partial charge < -0.3 is 24.4 Å². The Morgan fingerprint density at radius 2 is 1.64 bits per heavy atom. The fourth-order valence-electron chi connectivity index (χ4n) is 4.80. The molecule has 4 unspecified atom stereocenters. The highest BCUT2D eigenvalue weighted by Gasteiger charge is 2.54. The molecule has 7 nitrogen and oxygen atoms in total. The van der Waals surface area contributed by atoms with Gasteiger partial charge in [0.1, 0.15) is 4.93 Å². The van der Waals surface area contributed by atoms with Crippen LogP contribution < -0.4 is 0 Å². The predicted octanol–water partition coefficient (Wildman–Crippen LogP) is 7.50. The molecule has 1 aliphatic carbocycles. The first-order valence-electron chi connectivity index (χ1n) is 14.2. The molecule has 36 heavy (non-hydrogen) atoms. The van der Waals surface area contributed by atoms with Gasteiger partial charge in [0.05, 0.1) is 12.2 Å². The summed E-state index contributed by atoms with van der Waals surface area (Å²) in [6.45, 7) is 6.25. The molecule has 1 saturated carbocycles. The standard InChI is InChI=1S/C27H51O7PS/c1-4-7-9-10-12-18-23(33-22-16-13-11-14-17-22)21-26(36,19-15-8-5-2)34-27(35-31,24(28)29)25(30)32-20-6-3/h22-23,25,30,36H,4-21H2,1-3H3,(H,28,29). The first-order valence-corrected chi connectivity index (χ1v) is 15.5. The maximum absolute atomic E-state index is 12.3. The average molecular weight is 551 g/mol. The number of rotatable bonds is 22. The first-order chi connectivity index (χ1) is 17.3. The van der Waals surface area contributed by atoms with Crippen molar-refractivity contribution in [3.05, 3.63) is 0 Å². The average Bonchev–Trinajstić information content (AvgIpc) is 2.86. The van der Waals surface area contributed by atoms with Crippen molar-refractivity contribution in [1.29, 1.82) is 0 Å². The van der Waals surface area contributed by atoms with Crippen molar-refractivity contribution >= 4 is 27.1 Å². The van der Waals surface area contributed by atoms with Crippen LogP contribution in [0.15, 0.2) is 0 Å². The van der Waals surface area contributed by atoms with Crippen molar-refractivity contribution < 1.29 is 33.8 Å². The number of aliphatic hydroxyl groups excluding tert-OH is 1. The van der Waals surface area contributed by atoms with Crippen LogP contribution in [0.4, 0.5) is 0 Å². The number of aliphatic hydroxyl groups is 1. The lowest BCUT2D eigenvalue weighted by molar-refractivity contribution is -0.230. The molecule has 0 amide bonds. The van der Waals surface area contributed by atoms with Crippen LogP contribution >= 0.6 is 21.1 Å². The summed E-state index contributed by atoms with van der Waals surface area (Å²) in [6.07, 6.45) is 14.4. The van der Waals surface area contributed by atoms with Crippen LogP contribution in [0, 0.1) is 0 Å². The number of carboxylic acids is 1. The van der Waals surface area contributed by atoms with Crippen LogP contribution in [-0.2, 0) is 23.6 Å². The molecule has 1 rings (SSSR count). The van der Waals surface area contributed by atoms with Gasteiger partial charge in [-0.3, -0.25) is 4.57 Å². The molecule has 0 aromatic heterocycles. The van der Waals surface area contributed by atoms with Crippen LogP contribution in [0.3, 0.4) is 0 Å². The van der Waals surface area contributed by atoms with Gasteiger partial charge in [0.15, 0.2) is 0 Å². The zero-order chi connectivity index (χ0) is 26.9. The van der Waals surface area contributed by atoms with E-state index in [2.05, 4.69) is 13.8 Å². The van der Waals surface area contributed by atoms with E-state index in [9.17, 15) is 19.6 Å². The van der Waals surface area contributed by atoms with Gasteiger partial charge in [0, 0.05) is 13.0 Å². The molecule has 4 atom stereocenters. The summed E-state index contributed by atoms with van der Waals surface area (Å²) in [7, 11) is -0.880. The van der Waals surface area contributed by atoms with E-state index in [4.69, 9.17) is 26.8 Å². The Bertz CT molecular complexity index is 605. The van der Waals surface area contributed by atoms with Gasteiger partial charge in [-0.25, -0.2) is 4.79 Å². The number of carbonyl (C=O) groups is 1. The van der Waals surface area contributed by atoms with E-state index < -0.39 is 31.0 Å². The van der Waals surface area contributed by atoms with Crippen molar-refractivity contribution in [2.24, 2.45) is 0 Å². The molecule has 212 valence electrons. The Balaban J connectivity index is 3.13. The Hall–Kier alpha value is -0.240. The van der Waals surface area contributed by atoms with E-state index >= 15 is 0 Å². The molecular weight excluding hydrogens is 499 g/mol. The Labute approximate surface area is 226 Å². The molecule has 9 heteroatoms. The van der Waals surface area contributed by atoms with Gasteiger partial charge in [0.25, 0.3) is 5.34 Å². The summed E-state index contributed by atoms with van der Waals surface area (Å²) in [4.78, 5) is 11.1. The summed E-state index contributed by atoms with van der Waals surface area (Å²) in [5.74, 6) is -1.54. The van der Waals surface area contributed by atoms with Gasteiger partial charge in [-0.15, -0.1) is 12.6 Å². The largest absolute Gasteiger partial charge is 0.478 e. The third-order valence-electron chi connectivity index (χ3n) is 6.89. The van der Waals surface area contributed by atoms with Crippen LogP contribution in [-0.4, -0.2) is 51.6 Å². The third kappa shape index (κ3) is 12.1. The molecule has 0 aromatic rings. The molecule has 1 fully saturated rings. The number of hydrogen-bond acceptors (Lipinski definition) is 7. The fraction of sp³-hybridized carbons (Fsp3) is 0.963. The Kier molecular flexibility index (Phi) is 17.8. The number of unbranched alkanes of at least 4 members (excludes halogenated alkanes) is 6. The zero-order valence-corrected chi connectivity index (χ0v) is 24.6. The van der Waals surface area contributed by atoms with E-state index in [1.807, 2.05) is 6.92 Å². The van der Waals surface area contributed by atoms with Crippen molar-refractivity contribution in [3.63, 3.8) is 0 Å². The highest BCUT2D eigenvalue weighted by atomic mass is 32.1. The minimum absolute atomic E-state index is 0.121. The fourth-order valence-corrected chi connectivity index (χ4v) is 5.84. The molecule has 0 heterocycles. The maximum Gasteiger partial charge on any atom is 0.353 e. The molecule has 0 bridgehead atoms. The third-order valence-corrected chi connectivity index (χ3v) is 8.16. The maximum atomic E-state index is 12.3. The summed E-state index contributed by atoms with van der Waals surface area (Å²) in [5, 5.41) is 18.2. The van der Waals surface area contributed by atoms with Gasteiger partial charge >= 0.3 is 5.97 Å². The number of carboxylic acid groups (broad SMARTS) is 1. The number of aliphatic carboxylic acids is 1. The molecule has 2 N–H and O–H groups in total. The molecule has 0 aliphatic heterocycles. The minimum Gasteiger partial charge on any atom is -0.478 e. The van der Waals surface area contributed by atoms with Crippen LogP contribution in [0.2, 0.25) is 0 Å². The highest BCUT2D eigenvalue weighted by Crippen LogP contribution is 2.42. The van der Waals surface area contributed by atoms with Crippen LogP contribution in [0.25, 0.3) is 0 Å². The predicted molar refractivity (Wildman–Crippen MR) is 147 cm³/mol. The number of thiol groups is 1. The monoisotopic (exact) mass is 550 g/mol. The lowest BCUT2D eigenvalue weighted by Crippen LogP contribution is -2.53. The van der Waals surface area contributed by atoms with Gasteiger partial charge in [-0.05, 0) is 38.5 Å². The summed E-state index contributed by atoms with van der Waals surface area (Å²) in [6, 6.07) is 0. The highest BCUT2D eigenvalue weighted by molar-refractivity contribution is 7.81. The van der Waals surface area contributed by atoms with E-state index in [1.54, 1.807) is 0 Å². The SMILES string of the molecule is CCCCCCCC(CC(S)(CCCCC)OC(P=O)(C(=O)O)C(O)OCCC)OC1CCCCC1. The summed E-state index contributed by atoms with van der Waals surface area (Å²) >= 11 is 4.88. The van der Waals surface area contributed by atoms with Crippen LogP contribution in [0.1, 0.15) is 130 Å². The van der Waals surface area contributed by atoms with Gasteiger partial charge in [-0.1, -0.05) is 85.0 Å². The van der Waals surface area contributed by atoms with Crippen LogP contribution in [0.5, 0.6) is 0 Å². The molecule has 1 aliphatic rings.